The van der Waals surface area contributed by atoms with E-state index in [2.05, 4.69) is 4.98 Å². The van der Waals surface area contributed by atoms with E-state index in [4.69, 9.17) is 4.74 Å². The van der Waals surface area contributed by atoms with Gasteiger partial charge < -0.3 is 14.5 Å². The minimum Gasteiger partial charge on any atom is -0.381 e. The topological polar surface area (TPSA) is 62.7 Å². The van der Waals surface area contributed by atoms with Crippen LogP contribution in [0.4, 0.5) is 0 Å². The standard InChI is InChI=1S/C16H21N3O3/c1-2-19-14(20)11-18(12-16(19)5-9-22-10-6-16)15(21)13-3-7-17-8-4-13/h3-4,7-8H,2,5-6,9-12H2,1H3. The van der Waals surface area contributed by atoms with Crippen LogP contribution in [-0.2, 0) is 9.53 Å². The maximum Gasteiger partial charge on any atom is 0.254 e. The first-order chi connectivity index (χ1) is 10.7. The summed E-state index contributed by atoms with van der Waals surface area (Å²) in [5.74, 6) is -0.0737. The molecule has 3 rings (SSSR count). The number of pyridine rings is 1. The van der Waals surface area contributed by atoms with E-state index in [0.717, 1.165) is 12.8 Å². The van der Waals surface area contributed by atoms with Gasteiger partial charge in [-0.25, -0.2) is 0 Å². The molecule has 0 unspecified atom stereocenters. The van der Waals surface area contributed by atoms with Crippen LogP contribution >= 0.6 is 0 Å². The Kier molecular flexibility index (Phi) is 4.11. The molecule has 6 heteroatoms. The third-order valence-electron chi connectivity index (χ3n) is 4.64. The highest BCUT2D eigenvalue weighted by atomic mass is 16.5. The summed E-state index contributed by atoms with van der Waals surface area (Å²) in [6, 6.07) is 3.38. The summed E-state index contributed by atoms with van der Waals surface area (Å²) in [6.45, 7) is 4.68. The lowest BCUT2D eigenvalue weighted by molar-refractivity contribution is -0.150. The fourth-order valence-corrected chi connectivity index (χ4v) is 3.52. The van der Waals surface area contributed by atoms with Gasteiger partial charge in [0.1, 0.15) is 6.54 Å². The van der Waals surface area contributed by atoms with Crippen molar-refractivity contribution in [1.29, 1.82) is 0 Å². The molecule has 1 aromatic heterocycles. The molecule has 22 heavy (non-hydrogen) atoms. The molecule has 0 radical (unpaired) electrons. The molecule has 6 nitrogen and oxygen atoms in total. The Labute approximate surface area is 130 Å². The molecule has 1 aromatic rings. The average Bonchev–Trinajstić information content (AvgIpc) is 2.55. The second-order valence-electron chi connectivity index (χ2n) is 5.87. The van der Waals surface area contributed by atoms with E-state index in [1.807, 2.05) is 11.8 Å². The highest BCUT2D eigenvalue weighted by Gasteiger charge is 2.46. The van der Waals surface area contributed by atoms with Crippen LogP contribution < -0.4 is 0 Å². The van der Waals surface area contributed by atoms with Gasteiger partial charge in [0.2, 0.25) is 5.91 Å². The van der Waals surface area contributed by atoms with Crippen LogP contribution in [0, 0.1) is 0 Å². The molecule has 0 aromatic carbocycles. The van der Waals surface area contributed by atoms with E-state index in [9.17, 15) is 9.59 Å². The average molecular weight is 303 g/mol. The van der Waals surface area contributed by atoms with E-state index in [-0.39, 0.29) is 23.9 Å². The maximum absolute atomic E-state index is 12.7. The van der Waals surface area contributed by atoms with E-state index in [1.165, 1.54) is 0 Å². The quantitative estimate of drug-likeness (QED) is 0.815. The fraction of sp³-hybridized carbons (Fsp3) is 0.562. The van der Waals surface area contributed by atoms with Crippen LogP contribution in [0.15, 0.2) is 24.5 Å². The Hall–Kier alpha value is -1.95. The number of carbonyl (C=O) groups is 2. The smallest absolute Gasteiger partial charge is 0.254 e. The third kappa shape index (κ3) is 2.59. The zero-order valence-corrected chi connectivity index (χ0v) is 12.8. The molecule has 0 N–H and O–H groups in total. The Morgan fingerprint density at radius 2 is 2.00 bits per heavy atom. The number of likely N-dealkylation sites (N-methyl/N-ethyl adjacent to an activating group) is 1. The van der Waals surface area contributed by atoms with Crippen LogP contribution in [-0.4, -0.2) is 65.0 Å². The molecule has 2 aliphatic rings. The summed E-state index contributed by atoms with van der Waals surface area (Å²) >= 11 is 0. The number of hydrogen-bond donors (Lipinski definition) is 0. The molecule has 2 fully saturated rings. The molecule has 2 aliphatic heterocycles. The molecule has 1 spiro atoms. The van der Waals surface area contributed by atoms with Crippen LogP contribution in [0.1, 0.15) is 30.1 Å². The first kappa shape index (κ1) is 15.0. The molecular formula is C16H21N3O3. The number of carbonyl (C=O) groups excluding carboxylic acids is 2. The summed E-state index contributed by atoms with van der Waals surface area (Å²) in [5.41, 5.74) is 0.306. The van der Waals surface area contributed by atoms with Crippen molar-refractivity contribution < 1.29 is 14.3 Å². The van der Waals surface area contributed by atoms with Gasteiger partial charge >= 0.3 is 0 Å². The number of aromatic nitrogens is 1. The van der Waals surface area contributed by atoms with Crippen LogP contribution in [0.25, 0.3) is 0 Å². The maximum atomic E-state index is 12.7. The number of hydrogen-bond acceptors (Lipinski definition) is 4. The SMILES string of the molecule is CCN1C(=O)CN(C(=O)c2ccncc2)CC12CCOCC2. The Bertz CT molecular complexity index is 555. The summed E-state index contributed by atoms with van der Waals surface area (Å²) in [7, 11) is 0. The molecule has 3 heterocycles. The lowest BCUT2D eigenvalue weighted by Gasteiger charge is -2.52. The Balaban J connectivity index is 1.85. The minimum absolute atomic E-state index is 0.0260. The minimum atomic E-state index is -0.273. The second-order valence-corrected chi connectivity index (χ2v) is 5.87. The zero-order valence-electron chi connectivity index (χ0n) is 12.8. The number of piperazine rings is 1. The predicted molar refractivity (Wildman–Crippen MR) is 80.3 cm³/mol. The summed E-state index contributed by atoms with van der Waals surface area (Å²) in [6.07, 6.45) is 4.77. The summed E-state index contributed by atoms with van der Waals surface area (Å²) < 4.78 is 5.46. The molecule has 118 valence electrons. The van der Waals surface area contributed by atoms with E-state index in [0.29, 0.717) is 31.9 Å². The molecule has 0 saturated carbocycles. The normalized spacial score (nSPS) is 21.2. The zero-order chi connectivity index (χ0) is 15.6. The highest BCUT2D eigenvalue weighted by molar-refractivity contribution is 5.97. The van der Waals surface area contributed by atoms with E-state index in [1.54, 1.807) is 29.4 Å². The highest BCUT2D eigenvalue weighted by Crippen LogP contribution is 2.32. The largest absolute Gasteiger partial charge is 0.381 e. The molecule has 0 bridgehead atoms. The van der Waals surface area contributed by atoms with Gasteiger partial charge in [-0.15, -0.1) is 0 Å². The van der Waals surface area contributed by atoms with E-state index >= 15 is 0 Å². The van der Waals surface area contributed by atoms with Gasteiger partial charge in [0.15, 0.2) is 0 Å². The summed E-state index contributed by atoms with van der Waals surface area (Å²) in [4.78, 5) is 32.7. The first-order valence-corrected chi connectivity index (χ1v) is 7.74. The van der Waals surface area contributed by atoms with Crippen molar-refractivity contribution in [3.8, 4) is 0 Å². The van der Waals surface area contributed by atoms with E-state index < -0.39 is 0 Å². The Morgan fingerprint density at radius 1 is 1.32 bits per heavy atom. The molecule has 0 aliphatic carbocycles. The third-order valence-corrected chi connectivity index (χ3v) is 4.64. The molecule has 0 atom stereocenters. The van der Waals surface area contributed by atoms with Crippen molar-refractivity contribution in [2.75, 3.05) is 32.8 Å². The van der Waals surface area contributed by atoms with Gasteiger partial charge in [0, 0.05) is 44.3 Å². The number of nitrogens with zero attached hydrogens (tertiary/aromatic N) is 3. The fourth-order valence-electron chi connectivity index (χ4n) is 3.52. The van der Waals surface area contributed by atoms with Crippen molar-refractivity contribution in [3.05, 3.63) is 30.1 Å². The van der Waals surface area contributed by atoms with Crippen molar-refractivity contribution in [2.45, 2.75) is 25.3 Å². The van der Waals surface area contributed by atoms with Crippen molar-refractivity contribution in [1.82, 2.24) is 14.8 Å². The van der Waals surface area contributed by atoms with Gasteiger partial charge in [0.05, 0.1) is 5.54 Å². The van der Waals surface area contributed by atoms with Crippen LogP contribution in [0.3, 0.4) is 0 Å². The first-order valence-electron chi connectivity index (χ1n) is 7.74. The number of rotatable bonds is 2. The number of ether oxygens (including phenoxy) is 1. The lowest BCUT2D eigenvalue weighted by atomic mass is 9.85. The monoisotopic (exact) mass is 303 g/mol. The van der Waals surface area contributed by atoms with Crippen molar-refractivity contribution in [2.24, 2.45) is 0 Å². The van der Waals surface area contributed by atoms with Crippen LogP contribution in [0.5, 0.6) is 0 Å². The van der Waals surface area contributed by atoms with Gasteiger partial charge in [-0.1, -0.05) is 0 Å². The van der Waals surface area contributed by atoms with Crippen molar-refractivity contribution in [3.63, 3.8) is 0 Å². The second kappa shape index (κ2) is 6.04. The molecule has 2 amide bonds. The number of amides is 2. The van der Waals surface area contributed by atoms with Gasteiger partial charge in [-0.05, 0) is 31.9 Å². The van der Waals surface area contributed by atoms with Gasteiger partial charge in [-0.2, -0.15) is 0 Å². The van der Waals surface area contributed by atoms with Crippen LogP contribution in [0.2, 0.25) is 0 Å². The molecule has 2 saturated heterocycles. The van der Waals surface area contributed by atoms with Gasteiger partial charge in [-0.3, -0.25) is 14.6 Å². The van der Waals surface area contributed by atoms with Crippen molar-refractivity contribution >= 4 is 11.8 Å². The Morgan fingerprint density at radius 3 is 2.64 bits per heavy atom. The molecular weight excluding hydrogens is 282 g/mol. The summed E-state index contributed by atoms with van der Waals surface area (Å²) in [5, 5.41) is 0. The van der Waals surface area contributed by atoms with Gasteiger partial charge in [0.25, 0.3) is 5.91 Å². The lowest BCUT2D eigenvalue weighted by Crippen LogP contribution is -2.67. The predicted octanol–water partition coefficient (Wildman–Crippen LogP) is 0.935.